The zero-order chi connectivity index (χ0) is 16.2. The van der Waals surface area contributed by atoms with Crippen molar-refractivity contribution in [2.45, 2.75) is 64.3 Å². The van der Waals surface area contributed by atoms with Crippen molar-refractivity contribution in [3.05, 3.63) is 23.3 Å². The highest BCUT2D eigenvalue weighted by atomic mass is 16.5. The Bertz CT molecular complexity index is 529. The van der Waals surface area contributed by atoms with Gasteiger partial charge in [0.15, 0.2) is 0 Å². The quantitative estimate of drug-likeness (QED) is 0.750. The average Bonchev–Trinajstić information content (AvgIpc) is 2.61. The molecule has 1 saturated heterocycles. The van der Waals surface area contributed by atoms with Gasteiger partial charge in [0.1, 0.15) is 6.04 Å². The Balaban J connectivity index is 1.80. The lowest BCUT2D eigenvalue weighted by atomic mass is 9.84. The minimum absolute atomic E-state index is 0.0930. The van der Waals surface area contributed by atoms with E-state index >= 15 is 0 Å². The Morgan fingerprint density at radius 2 is 1.83 bits per heavy atom. The Morgan fingerprint density at radius 3 is 2.52 bits per heavy atom. The molecule has 23 heavy (non-hydrogen) atoms. The molecule has 1 saturated carbocycles. The molecule has 1 heterocycles. The lowest BCUT2D eigenvalue weighted by Gasteiger charge is -2.40. The van der Waals surface area contributed by atoms with E-state index in [1.165, 1.54) is 17.6 Å². The van der Waals surface area contributed by atoms with Crippen LogP contribution in [-0.2, 0) is 14.3 Å². The third-order valence-electron chi connectivity index (χ3n) is 5.29. The van der Waals surface area contributed by atoms with Crippen molar-refractivity contribution in [1.82, 2.24) is 4.90 Å². The van der Waals surface area contributed by atoms with Gasteiger partial charge in [-0.25, -0.2) is 4.79 Å². The van der Waals surface area contributed by atoms with E-state index in [4.69, 9.17) is 4.74 Å². The number of likely N-dealkylation sites (tertiary alicyclic amines) is 1. The monoisotopic (exact) mass is 317 g/mol. The molecule has 0 bridgehead atoms. The van der Waals surface area contributed by atoms with E-state index in [0.717, 1.165) is 38.5 Å². The second-order valence-electron chi connectivity index (χ2n) is 6.81. The first-order chi connectivity index (χ1) is 11.2. The highest BCUT2D eigenvalue weighted by Crippen LogP contribution is 2.34. The van der Waals surface area contributed by atoms with Gasteiger partial charge in [0, 0.05) is 18.9 Å². The maximum absolute atomic E-state index is 13.0. The normalized spacial score (nSPS) is 25.3. The third kappa shape index (κ3) is 3.51. The topological polar surface area (TPSA) is 46.6 Å². The summed E-state index contributed by atoms with van der Waals surface area (Å²) in [5, 5.41) is 0. The van der Waals surface area contributed by atoms with E-state index in [1.807, 2.05) is 11.8 Å². The van der Waals surface area contributed by atoms with Crippen LogP contribution in [0.5, 0.6) is 0 Å². The van der Waals surface area contributed by atoms with Gasteiger partial charge in [0.05, 0.1) is 6.61 Å². The molecule has 1 aliphatic heterocycles. The summed E-state index contributed by atoms with van der Waals surface area (Å²) in [6, 6.07) is -0.439. The lowest BCUT2D eigenvalue weighted by molar-refractivity contribution is -0.156. The maximum Gasteiger partial charge on any atom is 0.329 e. The van der Waals surface area contributed by atoms with Crippen LogP contribution >= 0.6 is 0 Å². The molecule has 0 spiro atoms. The molecule has 4 heteroatoms. The van der Waals surface area contributed by atoms with Crippen LogP contribution in [0.1, 0.15) is 58.3 Å². The van der Waals surface area contributed by atoms with Crippen molar-refractivity contribution in [3.63, 3.8) is 0 Å². The summed E-state index contributed by atoms with van der Waals surface area (Å²) in [4.78, 5) is 27.2. The third-order valence-corrected chi connectivity index (χ3v) is 5.29. The summed E-state index contributed by atoms with van der Waals surface area (Å²) in [6.45, 7) is 2.76. The predicted octanol–water partition coefficient (Wildman–Crippen LogP) is 3.38. The van der Waals surface area contributed by atoms with E-state index in [9.17, 15) is 9.59 Å². The molecule has 0 aromatic carbocycles. The summed E-state index contributed by atoms with van der Waals surface area (Å²) in [5.41, 5.74) is 2.47. The lowest BCUT2D eigenvalue weighted by Crippen LogP contribution is -2.52. The molecule has 3 aliphatic rings. The molecule has 1 atom stereocenters. The first kappa shape index (κ1) is 16.3. The first-order valence-electron chi connectivity index (χ1n) is 9.06. The Hall–Kier alpha value is -1.58. The molecule has 2 fully saturated rings. The fourth-order valence-electron chi connectivity index (χ4n) is 4.03. The summed E-state index contributed by atoms with van der Waals surface area (Å²) < 4.78 is 5.25. The van der Waals surface area contributed by atoms with Crippen LogP contribution in [0.3, 0.4) is 0 Å². The van der Waals surface area contributed by atoms with Crippen LogP contribution in [-0.4, -0.2) is 36.0 Å². The molecule has 3 rings (SSSR count). The predicted molar refractivity (Wildman–Crippen MR) is 88.7 cm³/mol. The molecule has 4 nitrogen and oxygen atoms in total. The number of piperidine rings is 1. The number of rotatable bonds is 3. The Kier molecular flexibility index (Phi) is 5.19. The van der Waals surface area contributed by atoms with Crippen LogP contribution in [0.15, 0.2) is 23.3 Å². The van der Waals surface area contributed by atoms with Crippen LogP contribution in [0, 0.1) is 5.92 Å². The van der Waals surface area contributed by atoms with Crippen molar-refractivity contribution >= 4 is 11.9 Å². The van der Waals surface area contributed by atoms with Gasteiger partial charge < -0.3 is 9.64 Å². The smallest absolute Gasteiger partial charge is 0.329 e. The molecular weight excluding hydrogens is 290 g/mol. The van der Waals surface area contributed by atoms with E-state index in [1.54, 1.807) is 0 Å². The van der Waals surface area contributed by atoms with Gasteiger partial charge in [0.2, 0.25) is 5.91 Å². The maximum atomic E-state index is 13.0. The van der Waals surface area contributed by atoms with Gasteiger partial charge in [0.25, 0.3) is 0 Å². The molecule has 0 radical (unpaired) electrons. The van der Waals surface area contributed by atoms with Crippen LogP contribution in [0.4, 0.5) is 0 Å². The fourth-order valence-corrected chi connectivity index (χ4v) is 4.03. The number of carbonyl (C=O) groups is 2. The number of allylic oxidation sites excluding steroid dienone is 2. The van der Waals surface area contributed by atoms with Crippen LogP contribution < -0.4 is 0 Å². The van der Waals surface area contributed by atoms with Gasteiger partial charge in [-0.15, -0.1) is 0 Å². The minimum Gasteiger partial charge on any atom is -0.464 e. The molecule has 1 amide bonds. The number of fused-ring (bicyclic) bond motifs is 1. The van der Waals surface area contributed by atoms with Crippen LogP contribution in [0.25, 0.3) is 0 Å². The zero-order valence-electron chi connectivity index (χ0n) is 14.1. The number of hydrogen-bond acceptors (Lipinski definition) is 3. The van der Waals surface area contributed by atoms with E-state index < -0.39 is 6.04 Å². The number of amides is 1. The van der Waals surface area contributed by atoms with Crippen molar-refractivity contribution in [1.29, 1.82) is 0 Å². The summed E-state index contributed by atoms with van der Waals surface area (Å²) in [7, 11) is 0. The van der Waals surface area contributed by atoms with E-state index in [2.05, 4.69) is 12.2 Å². The minimum atomic E-state index is -0.439. The number of nitrogens with zero attached hydrogens (tertiary/aromatic N) is 1. The zero-order valence-corrected chi connectivity index (χ0v) is 14.1. The molecule has 0 N–H and O–H groups in total. The van der Waals surface area contributed by atoms with Gasteiger partial charge >= 0.3 is 5.97 Å². The number of esters is 1. The highest BCUT2D eigenvalue weighted by molar-refractivity contribution is 5.87. The van der Waals surface area contributed by atoms with Gasteiger partial charge in [-0.05, 0) is 43.8 Å². The van der Waals surface area contributed by atoms with Crippen molar-refractivity contribution in [2.75, 3.05) is 13.2 Å². The van der Waals surface area contributed by atoms with Crippen molar-refractivity contribution in [3.8, 4) is 0 Å². The van der Waals surface area contributed by atoms with Crippen molar-refractivity contribution < 1.29 is 14.3 Å². The highest BCUT2D eigenvalue weighted by Gasteiger charge is 2.39. The Labute approximate surface area is 138 Å². The summed E-state index contributed by atoms with van der Waals surface area (Å²) in [5.74, 6) is 0.00542. The average molecular weight is 317 g/mol. The van der Waals surface area contributed by atoms with Crippen LogP contribution in [0.2, 0.25) is 0 Å². The Morgan fingerprint density at radius 1 is 1.13 bits per heavy atom. The molecule has 2 aliphatic carbocycles. The standard InChI is InChI=1S/C19H27NO3/c1-2-23-19(22)17-12-15-10-6-7-11-16(15)13-20(17)18(21)14-8-4-3-5-9-14/h10-11,14,17H,2-9,12-13H2,1H3. The molecule has 0 aromatic heterocycles. The van der Waals surface area contributed by atoms with E-state index in [0.29, 0.717) is 19.6 Å². The van der Waals surface area contributed by atoms with Gasteiger partial charge in [-0.3, -0.25) is 4.79 Å². The SMILES string of the molecule is CCOC(=O)C1CC2=CCCC=C2CN1C(=O)C1CCCCC1. The molecule has 0 aromatic rings. The summed E-state index contributed by atoms with van der Waals surface area (Å²) >= 11 is 0. The number of carbonyl (C=O) groups excluding carboxylic acids is 2. The molecular formula is C19H27NO3. The molecule has 126 valence electrons. The number of hydrogen-bond donors (Lipinski definition) is 0. The second kappa shape index (κ2) is 7.33. The first-order valence-corrected chi connectivity index (χ1v) is 9.06. The van der Waals surface area contributed by atoms with Gasteiger partial charge in [-0.1, -0.05) is 31.4 Å². The number of ether oxygens (including phenoxy) is 1. The van der Waals surface area contributed by atoms with Gasteiger partial charge in [-0.2, -0.15) is 0 Å². The van der Waals surface area contributed by atoms with Crippen molar-refractivity contribution in [2.24, 2.45) is 5.92 Å². The fraction of sp³-hybridized carbons (Fsp3) is 0.684. The molecule has 1 unspecified atom stereocenters. The second-order valence-corrected chi connectivity index (χ2v) is 6.81. The summed E-state index contributed by atoms with van der Waals surface area (Å²) in [6.07, 6.45) is 12.6. The largest absolute Gasteiger partial charge is 0.464 e. The van der Waals surface area contributed by atoms with E-state index in [-0.39, 0.29) is 17.8 Å².